The van der Waals surface area contributed by atoms with Crippen LogP contribution in [0.1, 0.15) is 18.7 Å². The average Bonchev–Trinajstić information content (AvgIpc) is 2.06. The summed E-state index contributed by atoms with van der Waals surface area (Å²) in [7, 11) is 0. The molecule has 0 saturated carbocycles. The van der Waals surface area contributed by atoms with E-state index in [1.165, 1.54) is 0 Å². The number of benzene rings is 1. The molecule has 1 rings (SSSR count). The van der Waals surface area contributed by atoms with Gasteiger partial charge in [-0.15, -0.1) is 0 Å². The zero-order valence-electron chi connectivity index (χ0n) is 7.16. The summed E-state index contributed by atoms with van der Waals surface area (Å²) in [5, 5.41) is 0. The van der Waals surface area contributed by atoms with Crippen molar-refractivity contribution in [2.75, 3.05) is 6.61 Å². The van der Waals surface area contributed by atoms with Crippen LogP contribution in [0, 0.1) is 0 Å². The summed E-state index contributed by atoms with van der Waals surface area (Å²) < 4.78 is 5.26. The molecule has 0 aliphatic carbocycles. The maximum absolute atomic E-state index is 5.47. The third kappa shape index (κ3) is 2.22. The topological polar surface area (TPSA) is 61.3 Å². The van der Waals surface area contributed by atoms with E-state index >= 15 is 0 Å². The molecule has 0 fully saturated rings. The fourth-order valence-electron chi connectivity index (χ4n) is 0.953. The third-order valence-electron chi connectivity index (χ3n) is 1.58. The Morgan fingerprint density at radius 3 is 2.25 bits per heavy atom. The largest absolute Gasteiger partial charge is 0.494 e. The fraction of sp³-hybridized carbons (Fsp3) is 0.333. The summed E-state index contributed by atoms with van der Waals surface area (Å²) in [5.74, 6) is 0.849. The second-order valence-corrected chi connectivity index (χ2v) is 2.53. The Bertz CT molecular complexity index is 231. The lowest BCUT2D eigenvalue weighted by Crippen LogP contribution is -2.19. The molecule has 3 heteroatoms. The summed E-state index contributed by atoms with van der Waals surface area (Å²) >= 11 is 0. The molecule has 4 N–H and O–H groups in total. The van der Waals surface area contributed by atoms with Crippen molar-refractivity contribution in [3.8, 4) is 5.75 Å². The van der Waals surface area contributed by atoms with Gasteiger partial charge in [0, 0.05) is 0 Å². The summed E-state index contributed by atoms with van der Waals surface area (Å²) in [6.07, 6.45) is -0.402. The normalized spacial score (nSPS) is 10.3. The highest BCUT2D eigenvalue weighted by Crippen LogP contribution is 2.13. The molecular formula is C9H14N2O. The van der Waals surface area contributed by atoms with Crippen LogP contribution in [0.25, 0.3) is 0 Å². The van der Waals surface area contributed by atoms with Crippen molar-refractivity contribution < 1.29 is 4.74 Å². The molecule has 0 unspecified atom stereocenters. The molecule has 0 saturated heterocycles. The van der Waals surface area contributed by atoms with Gasteiger partial charge in [-0.05, 0) is 24.6 Å². The zero-order valence-corrected chi connectivity index (χ0v) is 7.16. The molecule has 1 aromatic rings. The monoisotopic (exact) mass is 166 g/mol. The van der Waals surface area contributed by atoms with Crippen LogP contribution >= 0.6 is 0 Å². The van der Waals surface area contributed by atoms with E-state index in [0.717, 1.165) is 11.3 Å². The van der Waals surface area contributed by atoms with E-state index in [0.29, 0.717) is 6.61 Å². The fourth-order valence-corrected chi connectivity index (χ4v) is 0.953. The molecule has 0 aliphatic heterocycles. The van der Waals surface area contributed by atoms with Crippen molar-refractivity contribution in [2.45, 2.75) is 13.1 Å². The third-order valence-corrected chi connectivity index (χ3v) is 1.58. The average molecular weight is 166 g/mol. The Morgan fingerprint density at radius 1 is 1.25 bits per heavy atom. The molecule has 0 aromatic heterocycles. The van der Waals surface area contributed by atoms with Crippen molar-refractivity contribution in [1.82, 2.24) is 0 Å². The molecule has 66 valence electrons. The van der Waals surface area contributed by atoms with Crippen LogP contribution in [0.3, 0.4) is 0 Å². The summed E-state index contributed by atoms with van der Waals surface area (Å²) in [4.78, 5) is 0. The van der Waals surface area contributed by atoms with Crippen molar-refractivity contribution in [2.24, 2.45) is 11.5 Å². The highest BCUT2D eigenvalue weighted by molar-refractivity contribution is 5.28. The number of ether oxygens (including phenoxy) is 1. The molecule has 0 heterocycles. The molecule has 0 radical (unpaired) electrons. The van der Waals surface area contributed by atoms with Crippen LogP contribution in [-0.2, 0) is 0 Å². The van der Waals surface area contributed by atoms with Gasteiger partial charge in [-0.25, -0.2) is 0 Å². The van der Waals surface area contributed by atoms with Gasteiger partial charge in [-0.1, -0.05) is 12.1 Å². The first-order valence-corrected chi connectivity index (χ1v) is 3.98. The Kier molecular flexibility index (Phi) is 3.08. The first-order valence-electron chi connectivity index (χ1n) is 3.98. The van der Waals surface area contributed by atoms with Gasteiger partial charge in [0.1, 0.15) is 5.75 Å². The van der Waals surface area contributed by atoms with E-state index < -0.39 is 6.17 Å². The van der Waals surface area contributed by atoms with E-state index in [1.54, 1.807) is 0 Å². The molecule has 0 atom stereocenters. The van der Waals surface area contributed by atoms with Crippen LogP contribution in [0.5, 0.6) is 5.75 Å². The number of hydrogen-bond donors (Lipinski definition) is 2. The Hall–Kier alpha value is -1.06. The number of nitrogens with two attached hydrogens (primary N) is 2. The van der Waals surface area contributed by atoms with Gasteiger partial charge in [-0.2, -0.15) is 0 Å². The lowest BCUT2D eigenvalue weighted by molar-refractivity contribution is 0.340. The maximum Gasteiger partial charge on any atom is 0.119 e. The molecule has 0 bridgehead atoms. The molecule has 0 aliphatic rings. The second-order valence-electron chi connectivity index (χ2n) is 2.53. The van der Waals surface area contributed by atoms with Gasteiger partial charge in [0.15, 0.2) is 0 Å². The number of hydrogen-bond acceptors (Lipinski definition) is 3. The lowest BCUT2D eigenvalue weighted by atomic mass is 10.2. The minimum Gasteiger partial charge on any atom is -0.494 e. The molecule has 0 spiro atoms. The smallest absolute Gasteiger partial charge is 0.119 e. The quantitative estimate of drug-likeness (QED) is 0.658. The van der Waals surface area contributed by atoms with Crippen LogP contribution in [0.4, 0.5) is 0 Å². The van der Waals surface area contributed by atoms with Crippen molar-refractivity contribution in [3.63, 3.8) is 0 Å². The first kappa shape index (κ1) is 9.03. The van der Waals surface area contributed by atoms with Gasteiger partial charge in [0.05, 0.1) is 12.8 Å². The molecule has 1 aromatic carbocycles. The molecule has 12 heavy (non-hydrogen) atoms. The van der Waals surface area contributed by atoms with Crippen molar-refractivity contribution in [3.05, 3.63) is 29.8 Å². The summed E-state index contributed by atoms with van der Waals surface area (Å²) in [6.45, 7) is 2.62. The van der Waals surface area contributed by atoms with E-state index in [-0.39, 0.29) is 0 Å². The second kappa shape index (κ2) is 4.09. The standard InChI is InChI=1S/C9H14N2O/c1-2-12-8-5-3-7(4-6-8)9(10)11/h3-6,9H,2,10-11H2,1H3. The molecule has 0 amide bonds. The lowest BCUT2D eigenvalue weighted by Gasteiger charge is -2.06. The molecular weight excluding hydrogens is 152 g/mol. The van der Waals surface area contributed by atoms with E-state index in [9.17, 15) is 0 Å². The first-order chi connectivity index (χ1) is 5.74. The van der Waals surface area contributed by atoms with Crippen molar-refractivity contribution >= 4 is 0 Å². The predicted octanol–water partition coefficient (Wildman–Crippen LogP) is 1.00. The zero-order chi connectivity index (χ0) is 8.97. The highest BCUT2D eigenvalue weighted by Gasteiger charge is 1.98. The minimum atomic E-state index is -0.402. The Balaban J connectivity index is 2.71. The van der Waals surface area contributed by atoms with E-state index in [1.807, 2.05) is 31.2 Å². The molecule has 3 nitrogen and oxygen atoms in total. The van der Waals surface area contributed by atoms with Gasteiger partial charge in [0.2, 0.25) is 0 Å². The maximum atomic E-state index is 5.47. The SMILES string of the molecule is CCOc1ccc(C(N)N)cc1. The minimum absolute atomic E-state index is 0.402. The summed E-state index contributed by atoms with van der Waals surface area (Å²) in [6, 6.07) is 7.47. The van der Waals surface area contributed by atoms with E-state index in [4.69, 9.17) is 16.2 Å². The van der Waals surface area contributed by atoms with Gasteiger partial charge in [0.25, 0.3) is 0 Å². The van der Waals surface area contributed by atoms with Crippen LogP contribution in [-0.4, -0.2) is 6.61 Å². The van der Waals surface area contributed by atoms with E-state index in [2.05, 4.69) is 0 Å². The Labute approximate surface area is 72.3 Å². The van der Waals surface area contributed by atoms with Crippen molar-refractivity contribution in [1.29, 1.82) is 0 Å². The predicted molar refractivity (Wildman–Crippen MR) is 48.7 cm³/mol. The highest BCUT2D eigenvalue weighted by atomic mass is 16.5. The summed E-state index contributed by atoms with van der Waals surface area (Å²) in [5.41, 5.74) is 11.9. The van der Waals surface area contributed by atoms with Crippen LogP contribution in [0.15, 0.2) is 24.3 Å². The Morgan fingerprint density at radius 2 is 1.83 bits per heavy atom. The number of rotatable bonds is 3. The van der Waals surface area contributed by atoms with Gasteiger partial charge < -0.3 is 16.2 Å². The van der Waals surface area contributed by atoms with Gasteiger partial charge >= 0.3 is 0 Å². The van der Waals surface area contributed by atoms with Crippen LogP contribution in [0.2, 0.25) is 0 Å². The van der Waals surface area contributed by atoms with Gasteiger partial charge in [-0.3, -0.25) is 0 Å². The van der Waals surface area contributed by atoms with Crippen LogP contribution < -0.4 is 16.2 Å².